The number of amides is 1. The van der Waals surface area contributed by atoms with E-state index in [1.807, 2.05) is 0 Å². The van der Waals surface area contributed by atoms with E-state index in [2.05, 4.69) is 20.2 Å². The Hall–Kier alpha value is -1.69. The first-order valence-corrected chi connectivity index (χ1v) is 5.81. The van der Waals surface area contributed by atoms with Gasteiger partial charge in [-0.1, -0.05) is 0 Å². The van der Waals surface area contributed by atoms with Gasteiger partial charge in [0.25, 0.3) is 5.91 Å². The summed E-state index contributed by atoms with van der Waals surface area (Å²) in [7, 11) is 0. The second-order valence-electron chi connectivity index (χ2n) is 4.72. The number of hydrogen-bond acceptors (Lipinski definition) is 5. The lowest BCUT2D eigenvalue weighted by molar-refractivity contribution is 0.0999. The number of hydrogen-bond donors (Lipinski definition) is 2. The van der Waals surface area contributed by atoms with Gasteiger partial charge in [0.2, 0.25) is 5.95 Å². The Bertz CT molecular complexity index is 420. The van der Waals surface area contributed by atoms with Crippen LogP contribution in [0, 0.1) is 11.8 Å². The van der Waals surface area contributed by atoms with Crippen molar-refractivity contribution >= 4 is 11.9 Å². The van der Waals surface area contributed by atoms with Gasteiger partial charge in [-0.25, -0.2) is 9.97 Å². The van der Waals surface area contributed by atoms with E-state index in [4.69, 9.17) is 5.73 Å². The van der Waals surface area contributed by atoms with Gasteiger partial charge in [0.15, 0.2) is 0 Å². The highest BCUT2D eigenvalue weighted by atomic mass is 16.1. The monoisotopic (exact) mass is 233 g/mol. The number of fused-ring (bicyclic) bond motifs is 1. The summed E-state index contributed by atoms with van der Waals surface area (Å²) in [6, 6.07) is 0. The van der Waals surface area contributed by atoms with Crippen molar-refractivity contribution in [3.63, 3.8) is 0 Å². The normalized spacial score (nSPS) is 27.2. The molecule has 2 fully saturated rings. The van der Waals surface area contributed by atoms with Crippen LogP contribution >= 0.6 is 0 Å². The molecular formula is C11H15N5O. The summed E-state index contributed by atoms with van der Waals surface area (Å²) < 4.78 is 0. The third kappa shape index (κ3) is 1.84. The van der Waals surface area contributed by atoms with Crippen molar-refractivity contribution in [1.82, 2.24) is 15.3 Å². The van der Waals surface area contributed by atoms with Crippen LogP contribution in [0.25, 0.3) is 0 Å². The lowest BCUT2D eigenvalue weighted by Crippen LogP contribution is -2.27. The topological polar surface area (TPSA) is 84.1 Å². The molecule has 17 heavy (non-hydrogen) atoms. The van der Waals surface area contributed by atoms with Gasteiger partial charge < -0.3 is 16.0 Å². The van der Waals surface area contributed by atoms with Crippen molar-refractivity contribution in [1.29, 1.82) is 0 Å². The number of anilines is 1. The van der Waals surface area contributed by atoms with Crippen molar-refractivity contribution in [2.45, 2.75) is 0 Å². The molecule has 3 N–H and O–H groups in total. The summed E-state index contributed by atoms with van der Waals surface area (Å²) >= 11 is 0. The van der Waals surface area contributed by atoms with E-state index in [0.29, 0.717) is 23.3 Å². The Morgan fingerprint density at radius 3 is 2.41 bits per heavy atom. The van der Waals surface area contributed by atoms with Crippen molar-refractivity contribution < 1.29 is 4.79 Å². The van der Waals surface area contributed by atoms with E-state index < -0.39 is 5.91 Å². The molecule has 0 aromatic carbocycles. The van der Waals surface area contributed by atoms with Gasteiger partial charge in [-0.15, -0.1) is 0 Å². The van der Waals surface area contributed by atoms with Crippen LogP contribution in [0.1, 0.15) is 10.4 Å². The number of nitrogens with two attached hydrogens (primary N) is 1. The molecule has 1 aromatic heterocycles. The molecule has 0 radical (unpaired) electrons. The third-order valence-electron chi connectivity index (χ3n) is 3.60. The van der Waals surface area contributed by atoms with Crippen LogP contribution in [0.2, 0.25) is 0 Å². The zero-order chi connectivity index (χ0) is 11.8. The van der Waals surface area contributed by atoms with E-state index in [1.165, 1.54) is 12.4 Å². The van der Waals surface area contributed by atoms with E-state index in [-0.39, 0.29) is 0 Å². The smallest absolute Gasteiger partial charge is 0.251 e. The van der Waals surface area contributed by atoms with Crippen LogP contribution in [0.4, 0.5) is 5.95 Å². The Morgan fingerprint density at radius 2 is 1.88 bits per heavy atom. The first kappa shape index (κ1) is 10.5. The summed E-state index contributed by atoms with van der Waals surface area (Å²) in [4.78, 5) is 21.5. The minimum absolute atomic E-state index is 0.356. The molecule has 2 aliphatic rings. The number of primary amides is 1. The number of aromatic nitrogens is 2. The van der Waals surface area contributed by atoms with Gasteiger partial charge in [-0.05, 0) is 11.8 Å². The quantitative estimate of drug-likeness (QED) is 0.701. The number of nitrogens with one attached hydrogen (secondary N) is 1. The molecule has 6 nitrogen and oxygen atoms in total. The Balaban J connectivity index is 1.75. The lowest BCUT2D eigenvalue weighted by atomic mass is 10.0. The van der Waals surface area contributed by atoms with Gasteiger partial charge in [-0.3, -0.25) is 4.79 Å². The Morgan fingerprint density at radius 1 is 1.29 bits per heavy atom. The third-order valence-corrected chi connectivity index (χ3v) is 3.60. The standard InChI is InChI=1S/C11H15N5O/c12-10(17)7-3-14-11(15-4-7)16-5-8-1-13-2-9(8)6-16/h3-4,8-9,13H,1-2,5-6H2,(H2,12,17). The minimum Gasteiger partial charge on any atom is -0.366 e. The molecule has 6 heteroatoms. The fourth-order valence-corrected chi connectivity index (χ4v) is 2.63. The molecule has 2 unspecified atom stereocenters. The van der Waals surface area contributed by atoms with E-state index in [0.717, 1.165) is 26.2 Å². The van der Waals surface area contributed by atoms with E-state index in [1.54, 1.807) is 0 Å². The molecule has 2 atom stereocenters. The van der Waals surface area contributed by atoms with Gasteiger partial charge in [0, 0.05) is 38.6 Å². The number of nitrogens with zero attached hydrogens (tertiary/aromatic N) is 3. The molecule has 3 heterocycles. The minimum atomic E-state index is -0.487. The first-order chi connectivity index (χ1) is 8.24. The molecule has 0 bridgehead atoms. The molecule has 90 valence electrons. The van der Waals surface area contributed by atoms with Crippen LogP contribution in [0.15, 0.2) is 12.4 Å². The number of rotatable bonds is 2. The predicted octanol–water partition coefficient (Wildman–Crippen LogP) is -0.769. The van der Waals surface area contributed by atoms with E-state index in [9.17, 15) is 4.79 Å². The molecular weight excluding hydrogens is 218 g/mol. The van der Waals surface area contributed by atoms with Gasteiger partial charge >= 0.3 is 0 Å². The van der Waals surface area contributed by atoms with Crippen molar-refractivity contribution in [2.75, 3.05) is 31.1 Å². The average Bonchev–Trinajstić information content (AvgIpc) is 2.89. The molecule has 1 aromatic rings. The fourth-order valence-electron chi connectivity index (χ4n) is 2.63. The van der Waals surface area contributed by atoms with E-state index >= 15 is 0 Å². The summed E-state index contributed by atoms with van der Waals surface area (Å²) in [6.45, 7) is 4.16. The highest BCUT2D eigenvalue weighted by Gasteiger charge is 2.36. The molecule has 1 amide bonds. The number of carbonyl (C=O) groups excluding carboxylic acids is 1. The summed E-state index contributed by atoms with van der Waals surface area (Å²) in [5.74, 6) is 1.62. The van der Waals surface area contributed by atoms with Crippen LogP contribution in [0.5, 0.6) is 0 Å². The van der Waals surface area contributed by atoms with Crippen molar-refractivity contribution in [3.05, 3.63) is 18.0 Å². The van der Waals surface area contributed by atoms with Gasteiger partial charge in [0.1, 0.15) is 0 Å². The SMILES string of the molecule is NC(=O)c1cnc(N2CC3CNCC3C2)nc1. The highest BCUT2D eigenvalue weighted by molar-refractivity contribution is 5.92. The molecule has 0 spiro atoms. The first-order valence-electron chi connectivity index (χ1n) is 5.81. The van der Waals surface area contributed by atoms with Crippen LogP contribution < -0.4 is 16.0 Å². The maximum Gasteiger partial charge on any atom is 0.251 e. The second kappa shape index (κ2) is 3.96. The number of carbonyl (C=O) groups is 1. The average molecular weight is 233 g/mol. The van der Waals surface area contributed by atoms with Crippen molar-refractivity contribution in [2.24, 2.45) is 17.6 Å². The predicted molar refractivity (Wildman–Crippen MR) is 62.6 cm³/mol. The zero-order valence-electron chi connectivity index (χ0n) is 9.47. The summed E-state index contributed by atoms with van der Waals surface area (Å²) in [5, 5.41) is 3.39. The van der Waals surface area contributed by atoms with Crippen LogP contribution in [0.3, 0.4) is 0 Å². The molecule has 0 saturated carbocycles. The second-order valence-corrected chi connectivity index (χ2v) is 4.72. The molecule has 3 rings (SSSR count). The van der Waals surface area contributed by atoms with Crippen LogP contribution in [-0.4, -0.2) is 42.1 Å². The summed E-state index contributed by atoms with van der Waals surface area (Å²) in [5.41, 5.74) is 5.51. The Labute approximate surface area is 99.2 Å². The van der Waals surface area contributed by atoms with Crippen LogP contribution in [-0.2, 0) is 0 Å². The largest absolute Gasteiger partial charge is 0.366 e. The molecule has 0 aliphatic carbocycles. The maximum atomic E-state index is 10.9. The lowest BCUT2D eigenvalue weighted by Gasteiger charge is -2.16. The van der Waals surface area contributed by atoms with Gasteiger partial charge in [0.05, 0.1) is 5.56 Å². The highest BCUT2D eigenvalue weighted by Crippen LogP contribution is 2.28. The van der Waals surface area contributed by atoms with Gasteiger partial charge in [-0.2, -0.15) is 0 Å². The Kier molecular flexibility index (Phi) is 2.44. The maximum absolute atomic E-state index is 10.9. The zero-order valence-corrected chi connectivity index (χ0v) is 9.47. The molecule has 2 aliphatic heterocycles. The molecule has 2 saturated heterocycles. The van der Waals surface area contributed by atoms with Crippen molar-refractivity contribution in [3.8, 4) is 0 Å². The summed E-state index contributed by atoms with van der Waals surface area (Å²) in [6.07, 6.45) is 2.99. The fraction of sp³-hybridized carbons (Fsp3) is 0.545.